The number of likely N-dealkylation sites (N-methyl/N-ethyl adjacent to an activating group) is 1. The summed E-state index contributed by atoms with van der Waals surface area (Å²) in [6.07, 6.45) is 2.27. The summed E-state index contributed by atoms with van der Waals surface area (Å²) >= 11 is 5.72. The standard InChI is InChI=1S/C19H25ClFN3O3/c1-23-14(11-18(25)24-6-8-27-9-7-24)3-4-15(23)12-22-19(26)16-5-2-13(20)10-17(16)21/h2,5,10,14-15H,3-4,6-9,11-12H2,1H3,(H,22,26)/t14-,15+/m1/s1. The molecule has 3 rings (SSSR count). The first-order valence-corrected chi connectivity index (χ1v) is 9.64. The number of hydrogen-bond donors (Lipinski definition) is 1. The minimum Gasteiger partial charge on any atom is -0.378 e. The van der Waals surface area contributed by atoms with Crippen molar-refractivity contribution in [2.24, 2.45) is 0 Å². The quantitative estimate of drug-likeness (QED) is 0.824. The Hall–Kier alpha value is -1.70. The molecule has 1 aromatic rings. The summed E-state index contributed by atoms with van der Waals surface area (Å²) in [5.74, 6) is -0.928. The van der Waals surface area contributed by atoms with Crippen LogP contribution in [0.2, 0.25) is 5.02 Å². The molecule has 2 saturated heterocycles. The highest BCUT2D eigenvalue weighted by atomic mass is 35.5. The van der Waals surface area contributed by atoms with Gasteiger partial charge < -0.3 is 15.0 Å². The third-order valence-electron chi connectivity index (χ3n) is 5.43. The number of carbonyl (C=O) groups excluding carboxylic acids is 2. The molecule has 2 fully saturated rings. The molecule has 0 aromatic heterocycles. The number of likely N-dealkylation sites (tertiary alicyclic amines) is 1. The highest BCUT2D eigenvalue weighted by molar-refractivity contribution is 6.30. The number of nitrogens with zero attached hydrogens (tertiary/aromatic N) is 2. The van der Waals surface area contributed by atoms with Crippen LogP contribution in [-0.4, -0.2) is 73.6 Å². The average molecular weight is 398 g/mol. The second kappa shape index (κ2) is 8.99. The van der Waals surface area contributed by atoms with Gasteiger partial charge in [0.2, 0.25) is 5.91 Å². The van der Waals surface area contributed by atoms with Crippen molar-refractivity contribution in [2.75, 3.05) is 39.9 Å². The van der Waals surface area contributed by atoms with Crippen molar-refractivity contribution < 1.29 is 18.7 Å². The number of nitrogens with one attached hydrogen (secondary N) is 1. The molecule has 8 heteroatoms. The Morgan fingerprint density at radius 2 is 1.96 bits per heavy atom. The first kappa shape index (κ1) is 20.0. The molecule has 0 aliphatic carbocycles. The molecule has 2 heterocycles. The summed E-state index contributed by atoms with van der Waals surface area (Å²) in [4.78, 5) is 28.7. The third-order valence-corrected chi connectivity index (χ3v) is 5.67. The highest BCUT2D eigenvalue weighted by Crippen LogP contribution is 2.25. The number of halogens is 2. The van der Waals surface area contributed by atoms with Gasteiger partial charge in [0.1, 0.15) is 5.82 Å². The van der Waals surface area contributed by atoms with Gasteiger partial charge in [-0.3, -0.25) is 14.5 Å². The summed E-state index contributed by atoms with van der Waals surface area (Å²) < 4.78 is 19.1. The lowest BCUT2D eigenvalue weighted by molar-refractivity contribution is -0.136. The van der Waals surface area contributed by atoms with Gasteiger partial charge >= 0.3 is 0 Å². The minimum absolute atomic E-state index is 0.0147. The van der Waals surface area contributed by atoms with Crippen LogP contribution in [0.1, 0.15) is 29.6 Å². The van der Waals surface area contributed by atoms with Gasteiger partial charge in [0.05, 0.1) is 18.8 Å². The fourth-order valence-corrected chi connectivity index (χ4v) is 3.86. The molecular weight excluding hydrogens is 373 g/mol. The van der Waals surface area contributed by atoms with E-state index in [-0.39, 0.29) is 28.6 Å². The number of benzene rings is 1. The molecule has 0 unspecified atom stereocenters. The maximum atomic E-state index is 13.9. The van der Waals surface area contributed by atoms with Gasteiger partial charge in [-0.1, -0.05) is 11.6 Å². The van der Waals surface area contributed by atoms with Gasteiger partial charge in [0, 0.05) is 43.2 Å². The van der Waals surface area contributed by atoms with Gasteiger partial charge in [-0.15, -0.1) is 0 Å². The van der Waals surface area contributed by atoms with E-state index in [2.05, 4.69) is 10.2 Å². The maximum Gasteiger partial charge on any atom is 0.254 e. The van der Waals surface area contributed by atoms with E-state index in [9.17, 15) is 14.0 Å². The highest BCUT2D eigenvalue weighted by Gasteiger charge is 2.33. The largest absolute Gasteiger partial charge is 0.378 e. The predicted octanol–water partition coefficient (Wildman–Crippen LogP) is 1.92. The van der Waals surface area contributed by atoms with Gasteiger partial charge in [-0.2, -0.15) is 0 Å². The van der Waals surface area contributed by atoms with Crippen LogP contribution in [-0.2, 0) is 9.53 Å². The van der Waals surface area contributed by atoms with E-state index in [1.165, 1.54) is 12.1 Å². The van der Waals surface area contributed by atoms with E-state index < -0.39 is 11.7 Å². The summed E-state index contributed by atoms with van der Waals surface area (Å²) in [6, 6.07) is 4.30. The van der Waals surface area contributed by atoms with Crippen LogP contribution in [0.4, 0.5) is 4.39 Å². The molecule has 2 aliphatic rings. The molecule has 1 N–H and O–H groups in total. The normalized spacial score (nSPS) is 23.4. The van der Waals surface area contributed by atoms with Crippen LogP contribution in [0.3, 0.4) is 0 Å². The van der Waals surface area contributed by atoms with Gasteiger partial charge in [-0.05, 0) is 38.1 Å². The summed E-state index contributed by atoms with van der Waals surface area (Å²) in [6.45, 7) is 2.92. The lowest BCUT2D eigenvalue weighted by Crippen LogP contribution is -2.45. The molecular formula is C19H25ClFN3O3. The Balaban J connectivity index is 1.49. The Bertz CT molecular complexity index is 697. The van der Waals surface area contributed by atoms with Crippen molar-refractivity contribution in [1.82, 2.24) is 15.1 Å². The van der Waals surface area contributed by atoms with Crippen molar-refractivity contribution >= 4 is 23.4 Å². The second-order valence-corrected chi connectivity index (χ2v) is 7.52. The Labute approximate surface area is 163 Å². The van der Waals surface area contributed by atoms with Crippen LogP contribution in [0.25, 0.3) is 0 Å². The van der Waals surface area contributed by atoms with E-state index in [0.29, 0.717) is 39.3 Å². The number of ether oxygens (including phenoxy) is 1. The zero-order valence-electron chi connectivity index (χ0n) is 15.4. The molecule has 0 saturated carbocycles. The molecule has 2 atom stereocenters. The molecule has 1 aromatic carbocycles. The van der Waals surface area contributed by atoms with Gasteiger partial charge in [0.25, 0.3) is 5.91 Å². The van der Waals surface area contributed by atoms with Crippen LogP contribution >= 0.6 is 11.6 Å². The average Bonchev–Trinajstić information content (AvgIpc) is 3.00. The zero-order valence-corrected chi connectivity index (χ0v) is 16.2. The smallest absolute Gasteiger partial charge is 0.254 e. The fourth-order valence-electron chi connectivity index (χ4n) is 3.71. The van der Waals surface area contributed by atoms with E-state index >= 15 is 0 Å². The molecule has 0 spiro atoms. The molecule has 148 valence electrons. The van der Waals surface area contributed by atoms with Crippen molar-refractivity contribution in [2.45, 2.75) is 31.3 Å². The van der Waals surface area contributed by atoms with Gasteiger partial charge in [-0.25, -0.2) is 4.39 Å². The molecule has 0 radical (unpaired) electrons. The first-order valence-electron chi connectivity index (χ1n) is 9.26. The minimum atomic E-state index is -0.631. The van der Waals surface area contributed by atoms with Crippen molar-refractivity contribution in [3.05, 3.63) is 34.6 Å². The van der Waals surface area contributed by atoms with Crippen LogP contribution in [0.5, 0.6) is 0 Å². The van der Waals surface area contributed by atoms with Crippen LogP contribution in [0, 0.1) is 5.82 Å². The molecule has 6 nitrogen and oxygen atoms in total. The SMILES string of the molecule is CN1[C@@H](CC(=O)N2CCOCC2)CC[C@H]1CNC(=O)c1ccc(Cl)cc1F. The fraction of sp³-hybridized carbons (Fsp3) is 0.579. The number of morpholine rings is 1. The monoisotopic (exact) mass is 397 g/mol. The third kappa shape index (κ3) is 4.97. The second-order valence-electron chi connectivity index (χ2n) is 7.08. The van der Waals surface area contributed by atoms with Crippen molar-refractivity contribution in [3.8, 4) is 0 Å². The number of amides is 2. The summed E-state index contributed by atoms with van der Waals surface area (Å²) in [7, 11) is 1.98. The number of rotatable bonds is 5. The van der Waals surface area contributed by atoms with Crippen LogP contribution in [0.15, 0.2) is 18.2 Å². The van der Waals surface area contributed by atoms with E-state index in [4.69, 9.17) is 16.3 Å². The van der Waals surface area contributed by atoms with E-state index in [0.717, 1.165) is 18.9 Å². The lowest BCUT2D eigenvalue weighted by atomic mass is 10.1. The molecule has 2 aliphatic heterocycles. The Morgan fingerprint density at radius 3 is 2.67 bits per heavy atom. The number of carbonyl (C=O) groups is 2. The maximum absolute atomic E-state index is 13.9. The van der Waals surface area contributed by atoms with E-state index in [1.807, 2.05) is 11.9 Å². The van der Waals surface area contributed by atoms with Crippen LogP contribution < -0.4 is 5.32 Å². The Morgan fingerprint density at radius 1 is 1.26 bits per heavy atom. The lowest BCUT2D eigenvalue weighted by Gasteiger charge is -2.30. The molecule has 2 amide bonds. The predicted molar refractivity (Wildman–Crippen MR) is 100 cm³/mol. The van der Waals surface area contributed by atoms with Gasteiger partial charge in [0.15, 0.2) is 0 Å². The zero-order chi connectivity index (χ0) is 19.4. The summed E-state index contributed by atoms with van der Waals surface area (Å²) in [5, 5.41) is 3.05. The topological polar surface area (TPSA) is 61.9 Å². The molecule has 0 bridgehead atoms. The van der Waals surface area contributed by atoms with E-state index in [1.54, 1.807) is 0 Å². The van der Waals surface area contributed by atoms with Crippen molar-refractivity contribution in [1.29, 1.82) is 0 Å². The molecule has 27 heavy (non-hydrogen) atoms. The first-order chi connectivity index (χ1) is 13.0. The Kier molecular flexibility index (Phi) is 6.68. The van der Waals surface area contributed by atoms with Crippen molar-refractivity contribution in [3.63, 3.8) is 0 Å². The number of hydrogen-bond acceptors (Lipinski definition) is 4. The summed E-state index contributed by atoms with van der Waals surface area (Å²) in [5.41, 5.74) is -0.0147.